The number of carbonyl (C=O) groups is 2. The van der Waals surface area contributed by atoms with Crippen molar-refractivity contribution in [3.05, 3.63) is 5.53 Å². The average molecular weight is 251 g/mol. The molecule has 0 heterocycles. The van der Waals surface area contributed by atoms with Gasteiger partial charge in [0, 0.05) is 20.0 Å². The molecule has 0 aliphatic rings. The van der Waals surface area contributed by atoms with Crippen LogP contribution >= 0.6 is 0 Å². The van der Waals surface area contributed by atoms with Gasteiger partial charge in [0.2, 0.25) is 5.78 Å². The van der Waals surface area contributed by atoms with Crippen LogP contribution in [0.4, 0.5) is 13.2 Å². The first-order chi connectivity index (χ1) is 7.79. The van der Waals surface area contributed by atoms with Gasteiger partial charge in [-0.3, -0.25) is 9.59 Å². The zero-order chi connectivity index (χ0) is 13.5. The molecule has 17 heavy (non-hydrogen) atoms. The van der Waals surface area contributed by atoms with Crippen LogP contribution in [-0.2, 0) is 9.59 Å². The summed E-state index contributed by atoms with van der Waals surface area (Å²) >= 11 is 0. The number of nitrogens with zero attached hydrogens (tertiary/aromatic N) is 3. The highest BCUT2D eigenvalue weighted by atomic mass is 19.4. The summed E-state index contributed by atoms with van der Waals surface area (Å²) in [6, 6.07) is 0. The second-order valence-corrected chi connectivity index (χ2v) is 3.39. The molecule has 0 radical (unpaired) electrons. The van der Waals surface area contributed by atoms with Crippen molar-refractivity contribution in [2.45, 2.75) is 25.4 Å². The summed E-state index contributed by atoms with van der Waals surface area (Å²) in [5.41, 5.74) is 8.01. The normalized spacial score (nSPS) is 10.6. The molecule has 0 unspecified atom stereocenters. The fourth-order valence-corrected chi connectivity index (χ4v) is 1.10. The molecule has 0 aliphatic carbocycles. The van der Waals surface area contributed by atoms with E-state index in [1.54, 1.807) is 0 Å². The molecule has 0 fully saturated rings. The Hall–Kier alpha value is -1.69. The first-order valence-electron chi connectivity index (χ1n) is 4.81. The van der Waals surface area contributed by atoms with Gasteiger partial charge in [0.1, 0.15) is 0 Å². The third kappa shape index (κ3) is 6.47. The number of ketones is 1. The highest BCUT2D eigenvalue weighted by Crippen LogP contribution is 2.17. The minimum atomic E-state index is -4.87. The minimum absolute atomic E-state index is 0.0676. The van der Waals surface area contributed by atoms with Crippen LogP contribution in [-0.4, -0.2) is 47.4 Å². The first kappa shape index (κ1) is 15.3. The molecule has 96 valence electrons. The second kappa shape index (κ2) is 6.80. The summed E-state index contributed by atoms with van der Waals surface area (Å²) in [7, 11) is 1.05. The van der Waals surface area contributed by atoms with E-state index in [-0.39, 0.29) is 19.4 Å². The third-order valence-electron chi connectivity index (χ3n) is 1.96. The number of hydrogen-bond donors (Lipinski definition) is 0. The van der Waals surface area contributed by atoms with Crippen LogP contribution in [0.25, 0.3) is 5.53 Å². The van der Waals surface area contributed by atoms with Gasteiger partial charge >= 0.3 is 18.3 Å². The lowest BCUT2D eigenvalue weighted by atomic mass is 10.2. The van der Waals surface area contributed by atoms with E-state index in [1.165, 1.54) is 0 Å². The maximum atomic E-state index is 11.9. The molecule has 1 amide bonds. The van der Waals surface area contributed by atoms with Gasteiger partial charge < -0.3 is 10.4 Å². The van der Waals surface area contributed by atoms with Crippen LogP contribution in [0.15, 0.2) is 0 Å². The molecule has 0 spiro atoms. The van der Waals surface area contributed by atoms with Gasteiger partial charge in [-0.2, -0.15) is 18.0 Å². The number of alkyl halides is 3. The zero-order valence-electron chi connectivity index (χ0n) is 9.20. The average Bonchev–Trinajstić information content (AvgIpc) is 2.22. The number of amides is 1. The Bertz CT molecular complexity index is 335. The summed E-state index contributed by atoms with van der Waals surface area (Å²) in [6.45, 7) is -0.0815. The highest BCUT2D eigenvalue weighted by molar-refractivity contribution is 6.25. The Balaban J connectivity index is 3.87. The van der Waals surface area contributed by atoms with E-state index < -0.39 is 17.9 Å². The van der Waals surface area contributed by atoms with E-state index in [0.29, 0.717) is 11.3 Å². The van der Waals surface area contributed by atoms with Crippen molar-refractivity contribution < 1.29 is 27.6 Å². The van der Waals surface area contributed by atoms with Gasteiger partial charge in [-0.1, -0.05) is 0 Å². The van der Waals surface area contributed by atoms with Gasteiger partial charge in [0.25, 0.3) is 0 Å². The van der Waals surface area contributed by atoms with Crippen LogP contribution in [0.1, 0.15) is 19.3 Å². The van der Waals surface area contributed by atoms with Gasteiger partial charge in [0.15, 0.2) is 0 Å². The summed E-state index contributed by atoms with van der Waals surface area (Å²) < 4.78 is 35.8. The number of hydrogen-bond acceptors (Lipinski definition) is 2. The minimum Gasteiger partial charge on any atom is -0.361 e. The molecule has 8 heteroatoms. The Labute approximate surface area is 95.8 Å². The zero-order valence-corrected chi connectivity index (χ0v) is 9.20. The lowest BCUT2D eigenvalue weighted by Crippen LogP contribution is -2.38. The number of halogens is 3. The molecule has 0 saturated heterocycles. The van der Waals surface area contributed by atoms with Crippen LogP contribution in [0.3, 0.4) is 0 Å². The number of carbonyl (C=O) groups excluding carboxylic acids is 2. The van der Waals surface area contributed by atoms with Gasteiger partial charge in [0.05, 0.1) is 0 Å². The maximum absolute atomic E-state index is 11.9. The van der Waals surface area contributed by atoms with E-state index in [1.807, 2.05) is 0 Å². The smallest absolute Gasteiger partial charge is 0.361 e. The summed E-state index contributed by atoms with van der Waals surface area (Å²) in [5, 5.41) is 0. The summed E-state index contributed by atoms with van der Waals surface area (Å²) in [6.07, 6.45) is -3.49. The molecule has 0 aromatic heterocycles. The Morgan fingerprint density at radius 1 is 1.35 bits per heavy atom. The first-order valence-corrected chi connectivity index (χ1v) is 4.81. The van der Waals surface area contributed by atoms with Gasteiger partial charge in [-0.25, -0.2) is 0 Å². The third-order valence-corrected chi connectivity index (χ3v) is 1.96. The van der Waals surface area contributed by atoms with Crippen LogP contribution in [0.2, 0.25) is 0 Å². The standard InChI is InChI=1S/C9H12F3N3O2/c1-15(8(17)9(10,11)12)5-3-2-4-7(16)6-14-13/h6H,2-5H2,1H3. The predicted octanol–water partition coefficient (Wildman–Crippen LogP) is 1.05. The Morgan fingerprint density at radius 3 is 2.41 bits per heavy atom. The Kier molecular flexibility index (Phi) is 6.12. The van der Waals surface area contributed by atoms with E-state index in [2.05, 4.69) is 4.79 Å². The predicted molar refractivity (Wildman–Crippen MR) is 52.2 cm³/mol. The van der Waals surface area contributed by atoms with E-state index in [4.69, 9.17) is 5.53 Å². The topological polar surface area (TPSA) is 73.8 Å². The maximum Gasteiger partial charge on any atom is 0.471 e. The van der Waals surface area contributed by atoms with Crippen LogP contribution in [0, 0.1) is 0 Å². The summed E-state index contributed by atoms with van der Waals surface area (Å²) in [5.74, 6) is -2.32. The molecule has 5 nitrogen and oxygen atoms in total. The molecular weight excluding hydrogens is 239 g/mol. The fourth-order valence-electron chi connectivity index (χ4n) is 1.10. The SMILES string of the molecule is CN(CCCCC(=O)C=[N+]=[N-])C(=O)C(F)(F)F. The van der Waals surface area contributed by atoms with Crippen molar-refractivity contribution in [2.24, 2.45) is 0 Å². The molecular formula is C9H12F3N3O2. The largest absolute Gasteiger partial charge is 0.471 e. The van der Waals surface area contributed by atoms with E-state index in [9.17, 15) is 22.8 Å². The van der Waals surface area contributed by atoms with Crippen molar-refractivity contribution in [3.63, 3.8) is 0 Å². The number of unbranched alkanes of at least 4 members (excludes halogenated alkanes) is 1. The number of rotatable bonds is 6. The van der Waals surface area contributed by atoms with Crippen molar-refractivity contribution in [3.8, 4) is 0 Å². The van der Waals surface area contributed by atoms with Crippen molar-refractivity contribution in [2.75, 3.05) is 13.6 Å². The number of Topliss-reactive ketones (excluding diaryl/α,β-unsaturated/α-hetero) is 1. The molecule has 0 atom stereocenters. The Morgan fingerprint density at radius 2 is 1.94 bits per heavy atom. The van der Waals surface area contributed by atoms with Gasteiger partial charge in [-0.15, -0.1) is 0 Å². The van der Waals surface area contributed by atoms with Crippen molar-refractivity contribution in [1.29, 1.82) is 0 Å². The summed E-state index contributed by atoms with van der Waals surface area (Å²) in [4.78, 5) is 24.6. The van der Waals surface area contributed by atoms with Crippen molar-refractivity contribution in [1.82, 2.24) is 4.90 Å². The molecule has 0 aliphatic heterocycles. The molecule has 0 saturated carbocycles. The second-order valence-electron chi connectivity index (χ2n) is 3.39. The lowest BCUT2D eigenvalue weighted by Gasteiger charge is -2.18. The van der Waals surface area contributed by atoms with Crippen LogP contribution < -0.4 is 0 Å². The molecule has 0 N–H and O–H groups in total. The van der Waals surface area contributed by atoms with Gasteiger partial charge in [-0.05, 0) is 12.8 Å². The quantitative estimate of drug-likeness (QED) is 0.306. The van der Waals surface area contributed by atoms with E-state index in [0.717, 1.165) is 13.3 Å². The van der Waals surface area contributed by atoms with Crippen molar-refractivity contribution >= 4 is 17.9 Å². The molecule has 0 aromatic carbocycles. The molecule has 0 bridgehead atoms. The molecule has 0 aromatic rings. The fraction of sp³-hybridized carbons (Fsp3) is 0.667. The van der Waals surface area contributed by atoms with Crippen LogP contribution in [0.5, 0.6) is 0 Å². The lowest BCUT2D eigenvalue weighted by molar-refractivity contribution is -0.184. The van der Waals surface area contributed by atoms with E-state index >= 15 is 0 Å². The molecule has 0 rings (SSSR count). The highest BCUT2D eigenvalue weighted by Gasteiger charge is 2.40. The monoisotopic (exact) mass is 251 g/mol.